The van der Waals surface area contributed by atoms with Gasteiger partial charge in [-0.25, -0.2) is 0 Å². The van der Waals surface area contributed by atoms with Crippen molar-refractivity contribution in [1.29, 1.82) is 0 Å². The fourth-order valence-electron chi connectivity index (χ4n) is 1.88. The molecular weight excluding hydrogens is 244 g/mol. The molecule has 0 unspecified atom stereocenters. The molecule has 1 aliphatic carbocycles. The first-order valence-electron chi connectivity index (χ1n) is 5.40. The van der Waals surface area contributed by atoms with Crippen LogP contribution in [0.1, 0.15) is 18.4 Å². The Balaban J connectivity index is 2.03. The van der Waals surface area contributed by atoms with Gasteiger partial charge in [0.15, 0.2) is 0 Å². The lowest BCUT2D eigenvalue weighted by atomic mass is 9.89. The lowest BCUT2D eigenvalue weighted by Gasteiger charge is -2.32. The van der Waals surface area contributed by atoms with Crippen LogP contribution in [0.4, 0.5) is 5.69 Å². The fraction of sp³-hybridized carbons (Fsp3) is 0.455. The van der Waals surface area contributed by atoms with Gasteiger partial charge in [-0.2, -0.15) is 0 Å². The van der Waals surface area contributed by atoms with Crippen LogP contribution in [0.5, 0.6) is 0 Å². The van der Waals surface area contributed by atoms with Crippen molar-refractivity contribution in [3.63, 3.8) is 0 Å². The van der Waals surface area contributed by atoms with E-state index in [1.165, 1.54) is 12.1 Å². The predicted molar refractivity (Wildman–Crippen MR) is 64.0 cm³/mol. The zero-order valence-electron chi connectivity index (χ0n) is 9.10. The van der Waals surface area contributed by atoms with E-state index in [0.29, 0.717) is 30.0 Å². The number of aliphatic hydroxyl groups excluding tert-OH is 1. The second kappa shape index (κ2) is 5.00. The van der Waals surface area contributed by atoms with Crippen LogP contribution < -0.4 is 5.32 Å². The largest absolute Gasteiger partial charge is 0.393 e. The fourth-order valence-corrected chi connectivity index (χ4v) is 2.08. The van der Waals surface area contributed by atoms with E-state index in [0.717, 1.165) is 0 Å². The maximum atomic E-state index is 10.8. The van der Waals surface area contributed by atoms with Crippen molar-refractivity contribution in [2.75, 3.05) is 0 Å². The summed E-state index contributed by atoms with van der Waals surface area (Å²) < 4.78 is 0. The SMILES string of the molecule is O=[N+]([O-])c1ccc(Cl)cc1CNC1CC(O)C1. The second-order valence-corrected chi connectivity index (χ2v) is 4.67. The van der Waals surface area contributed by atoms with Crippen LogP contribution in [-0.2, 0) is 6.54 Å². The summed E-state index contributed by atoms with van der Waals surface area (Å²) in [7, 11) is 0. The summed E-state index contributed by atoms with van der Waals surface area (Å²) in [5.41, 5.74) is 0.644. The summed E-state index contributed by atoms with van der Waals surface area (Å²) in [6.07, 6.45) is 1.17. The van der Waals surface area contributed by atoms with Gasteiger partial charge in [-0.3, -0.25) is 10.1 Å². The average Bonchev–Trinajstić information content (AvgIpc) is 2.22. The molecule has 0 radical (unpaired) electrons. The summed E-state index contributed by atoms with van der Waals surface area (Å²) in [6, 6.07) is 4.76. The van der Waals surface area contributed by atoms with Crippen LogP contribution in [0.25, 0.3) is 0 Å². The molecule has 0 aromatic heterocycles. The van der Waals surface area contributed by atoms with Crippen molar-refractivity contribution in [1.82, 2.24) is 5.32 Å². The van der Waals surface area contributed by atoms with Crippen molar-refractivity contribution >= 4 is 17.3 Å². The highest BCUT2D eigenvalue weighted by atomic mass is 35.5. The van der Waals surface area contributed by atoms with Crippen molar-refractivity contribution in [3.8, 4) is 0 Å². The molecule has 1 saturated carbocycles. The maximum Gasteiger partial charge on any atom is 0.273 e. The van der Waals surface area contributed by atoms with Crippen LogP contribution in [-0.4, -0.2) is 22.2 Å². The Morgan fingerprint density at radius 2 is 2.24 bits per heavy atom. The van der Waals surface area contributed by atoms with Crippen molar-refractivity contribution in [2.24, 2.45) is 0 Å². The van der Waals surface area contributed by atoms with E-state index in [-0.39, 0.29) is 17.8 Å². The number of halogens is 1. The zero-order valence-corrected chi connectivity index (χ0v) is 9.85. The Morgan fingerprint density at radius 3 is 2.82 bits per heavy atom. The van der Waals surface area contributed by atoms with Crippen LogP contribution >= 0.6 is 11.6 Å². The molecule has 5 nitrogen and oxygen atoms in total. The van der Waals surface area contributed by atoms with Gasteiger partial charge in [-0.1, -0.05) is 11.6 Å². The molecule has 1 aromatic rings. The minimum absolute atomic E-state index is 0.0711. The normalized spacial score (nSPS) is 23.2. The molecule has 2 N–H and O–H groups in total. The number of hydrogen-bond acceptors (Lipinski definition) is 4. The second-order valence-electron chi connectivity index (χ2n) is 4.23. The van der Waals surface area contributed by atoms with Gasteiger partial charge in [0.1, 0.15) is 0 Å². The van der Waals surface area contributed by atoms with Crippen molar-refractivity contribution < 1.29 is 10.0 Å². The summed E-state index contributed by atoms with van der Waals surface area (Å²) in [5.74, 6) is 0. The van der Waals surface area contributed by atoms with Crippen LogP contribution in [0.15, 0.2) is 18.2 Å². The number of nitrogens with zero attached hydrogens (tertiary/aromatic N) is 1. The quantitative estimate of drug-likeness (QED) is 0.637. The monoisotopic (exact) mass is 256 g/mol. The summed E-state index contributed by atoms with van der Waals surface area (Å²) in [4.78, 5) is 10.4. The highest BCUT2D eigenvalue weighted by Crippen LogP contribution is 2.24. The number of hydrogen-bond donors (Lipinski definition) is 2. The average molecular weight is 257 g/mol. The molecule has 2 rings (SSSR count). The number of nitro groups is 1. The number of nitrogens with one attached hydrogen (secondary N) is 1. The van der Waals surface area contributed by atoms with Crippen LogP contribution in [0.3, 0.4) is 0 Å². The molecular formula is C11H13ClN2O3. The van der Waals surface area contributed by atoms with Gasteiger partial charge in [0.05, 0.1) is 11.0 Å². The highest BCUT2D eigenvalue weighted by Gasteiger charge is 2.27. The minimum Gasteiger partial charge on any atom is -0.393 e. The molecule has 1 aromatic carbocycles. The Morgan fingerprint density at radius 1 is 1.53 bits per heavy atom. The third-order valence-corrected chi connectivity index (χ3v) is 3.17. The van der Waals surface area contributed by atoms with Gasteiger partial charge < -0.3 is 10.4 Å². The van der Waals surface area contributed by atoms with E-state index in [1.807, 2.05) is 0 Å². The van der Waals surface area contributed by atoms with Crippen LogP contribution in [0, 0.1) is 10.1 Å². The molecule has 0 spiro atoms. The number of rotatable bonds is 4. The van der Waals surface area contributed by atoms with E-state index >= 15 is 0 Å². The minimum atomic E-state index is -0.414. The molecule has 92 valence electrons. The Labute approximate surface area is 104 Å². The van der Waals surface area contributed by atoms with Gasteiger partial charge in [-0.15, -0.1) is 0 Å². The number of nitro benzene ring substituents is 1. The van der Waals surface area contributed by atoms with E-state index in [2.05, 4.69) is 5.32 Å². The van der Waals surface area contributed by atoms with Crippen LogP contribution in [0.2, 0.25) is 5.02 Å². The van der Waals surface area contributed by atoms with Gasteiger partial charge in [0.25, 0.3) is 5.69 Å². The molecule has 1 aliphatic rings. The van der Waals surface area contributed by atoms with Crippen molar-refractivity contribution in [3.05, 3.63) is 38.9 Å². The topological polar surface area (TPSA) is 75.4 Å². The molecule has 6 heteroatoms. The van der Waals surface area contributed by atoms with E-state index in [9.17, 15) is 10.1 Å². The smallest absolute Gasteiger partial charge is 0.273 e. The molecule has 0 bridgehead atoms. The van der Waals surface area contributed by atoms with E-state index in [4.69, 9.17) is 16.7 Å². The lowest BCUT2D eigenvalue weighted by Crippen LogP contribution is -2.43. The highest BCUT2D eigenvalue weighted by molar-refractivity contribution is 6.30. The van der Waals surface area contributed by atoms with Gasteiger partial charge in [-0.05, 0) is 25.0 Å². The lowest BCUT2D eigenvalue weighted by molar-refractivity contribution is -0.385. The molecule has 0 heterocycles. The Hall–Kier alpha value is -1.17. The predicted octanol–water partition coefficient (Wildman–Crippen LogP) is 1.86. The first-order valence-corrected chi connectivity index (χ1v) is 5.78. The van der Waals surface area contributed by atoms with E-state index < -0.39 is 4.92 Å². The standard InChI is InChI=1S/C11H13ClN2O3/c12-8-1-2-11(14(16)17)7(3-8)6-13-9-4-10(15)5-9/h1-3,9-10,13,15H,4-6H2. The summed E-state index contributed by atoms with van der Waals surface area (Å²) in [6.45, 7) is 0.397. The third kappa shape index (κ3) is 2.94. The Kier molecular flexibility index (Phi) is 3.61. The Bertz CT molecular complexity index is 433. The number of benzene rings is 1. The van der Waals surface area contributed by atoms with Gasteiger partial charge in [0.2, 0.25) is 0 Å². The molecule has 0 amide bonds. The first-order chi connectivity index (χ1) is 8.06. The van der Waals surface area contributed by atoms with E-state index in [1.54, 1.807) is 6.07 Å². The van der Waals surface area contributed by atoms with Crippen molar-refractivity contribution in [2.45, 2.75) is 31.5 Å². The summed E-state index contributed by atoms with van der Waals surface area (Å²) >= 11 is 5.82. The number of aliphatic hydroxyl groups is 1. The molecule has 1 fully saturated rings. The third-order valence-electron chi connectivity index (χ3n) is 2.93. The zero-order chi connectivity index (χ0) is 12.4. The first kappa shape index (κ1) is 12.3. The summed E-state index contributed by atoms with van der Waals surface area (Å²) in [5, 5.41) is 23.6. The molecule has 0 atom stereocenters. The molecule has 0 aliphatic heterocycles. The van der Waals surface area contributed by atoms with Gasteiger partial charge >= 0.3 is 0 Å². The maximum absolute atomic E-state index is 10.8. The van der Waals surface area contributed by atoms with Gasteiger partial charge in [0, 0.05) is 29.2 Å². The molecule has 0 saturated heterocycles. The molecule has 17 heavy (non-hydrogen) atoms.